The van der Waals surface area contributed by atoms with Gasteiger partial charge in [-0.2, -0.15) is 0 Å². The van der Waals surface area contributed by atoms with E-state index in [1.165, 1.54) is 30.3 Å². The van der Waals surface area contributed by atoms with Gasteiger partial charge in [-0.25, -0.2) is 9.59 Å². The summed E-state index contributed by atoms with van der Waals surface area (Å²) in [6.45, 7) is 0. The number of fused-ring (bicyclic) bond motifs is 5. The summed E-state index contributed by atoms with van der Waals surface area (Å²) in [5.74, 6) is -5.25. The number of phenolic OH excluding ortho intramolecular Hbond substituents is 4. The van der Waals surface area contributed by atoms with Crippen molar-refractivity contribution in [3.63, 3.8) is 0 Å². The molecule has 3 aliphatic rings. The summed E-state index contributed by atoms with van der Waals surface area (Å²) in [5, 5.41) is 53.6. The van der Waals surface area contributed by atoms with E-state index in [-0.39, 0.29) is 29.1 Å². The summed E-state index contributed by atoms with van der Waals surface area (Å²) in [5.41, 5.74) is -1.75. The van der Waals surface area contributed by atoms with Crippen LogP contribution in [0, 0.1) is 23.7 Å². The SMILES string of the molecule is O=C(N[C@@H]1[C@@H]2C[C@@H]([C@@H]3CCC[C@@H]32)[C@H]1OC(=O)c1cc(O)c(C(=O)c2c(O)cccc2C(=O)O)c(O)c1)c1ccc(O)cc1. The fraction of sp³-hybridized carbons (Fsp3) is 0.312. The summed E-state index contributed by atoms with van der Waals surface area (Å²) in [6.07, 6.45) is 3.21. The molecule has 3 aromatic carbocycles. The van der Waals surface area contributed by atoms with E-state index in [4.69, 9.17) is 4.74 Å². The second-order valence-electron chi connectivity index (χ2n) is 11.5. The lowest BCUT2D eigenvalue weighted by Crippen LogP contribution is -2.52. The molecule has 0 aromatic heterocycles. The molecular formula is C32H29NO10. The first-order valence-electron chi connectivity index (χ1n) is 14.0. The number of hydrogen-bond donors (Lipinski definition) is 6. The number of carbonyl (C=O) groups excluding carboxylic acids is 3. The number of aromatic hydroxyl groups is 4. The molecule has 6 rings (SSSR count). The van der Waals surface area contributed by atoms with Crippen molar-refractivity contribution in [2.24, 2.45) is 23.7 Å². The van der Waals surface area contributed by atoms with E-state index < -0.39 is 63.8 Å². The Morgan fingerprint density at radius 1 is 0.744 bits per heavy atom. The van der Waals surface area contributed by atoms with Crippen molar-refractivity contribution in [1.82, 2.24) is 5.32 Å². The molecule has 0 unspecified atom stereocenters. The van der Waals surface area contributed by atoms with Crippen LogP contribution in [0.15, 0.2) is 54.6 Å². The lowest BCUT2D eigenvalue weighted by atomic mass is 9.77. The predicted octanol–water partition coefficient (Wildman–Crippen LogP) is 3.83. The number of esters is 1. The number of benzene rings is 3. The van der Waals surface area contributed by atoms with Crippen LogP contribution in [-0.4, -0.2) is 61.3 Å². The molecule has 0 aliphatic heterocycles. The Morgan fingerprint density at radius 3 is 2.05 bits per heavy atom. The van der Waals surface area contributed by atoms with E-state index in [9.17, 15) is 44.7 Å². The fourth-order valence-electron chi connectivity index (χ4n) is 7.48. The second kappa shape index (κ2) is 10.6. The smallest absolute Gasteiger partial charge is 0.338 e. The standard InChI is InChI=1S/C32H29NO10/c34-16-9-7-14(8-10-16)30(39)33-27-20-13-21(18-4-1-3-17(18)20)29(27)43-32(42)15-11-23(36)26(24(37)12-15)28(38)25-19(31(40)41)5-2-6-22(25)35/h2,5-12,17-18,20-21,27,29,34-37H,1,3-4,13H2,(H,33,39)(H,40,41)/t17-,18+,20+,21-,27+,29+/m0/s1. The van der Waals surface area contributed by atoms with Crippen LogP contribution in [0.25, 0.3) is 0 Å². The van der Waals surface area contributed by atoms with Crippen LogP contribution >= 0.6 is 0 Å². The number of ketones is 1. The molecular weight excluding hydrogens is 558 g/mol. The lowest BCUT2D eigenvalue weighted by molar-refractivity contribution is -0.0126. The van der Waals surface area contributed by atoms with E-state index >= 15 is 0 Å². The number of aromatic carboxylic acids is 1. The van der Waals surface area contributed by atoms with Gasteiger partial charge in [-0.15, -0.1) is 0 Å². The molecule has 0 spiro atoms. The monoisotopic (exact) mass is 587 g/mol. The van der Waals surface area contributed by atoms with E-state index in [0.29, 0.717) is 17.4 Å². The topological polar surface area (TPSA) is 191 Å². The Kier molecular flexibility index (Phi) is 6.95. The molecule has 3 aliphatic carbocycles. The van der Waals surface area contributed by atoms with E-state index in [1.54, 1.807) is 0 Å². The molecule has 6 atom stereocenters. The number of phenols is 4. The van der Waals surface area contributed by atoms with Crippen molar-refractivity contribution in [3.8, 4) is 23.0 Å². The quantitative estimate of drug-likeness (QED) is 0.175. The molecule has 0 radical (unpaired) electrons. The third-order valence-electron chi connectivity index (χ3n) is 9.24. The molecule has 1 amide bonds. The van der Waals surface area contributed by atoms with Crippen LogP contribution in [-0.2, 0) is 4.74 Å². The van der Waals surface area contributed by atoms with Gasteiger partial charge < -0.3 is 35.6 Å². The number of nitrogens with one attached hydrogen (secondary N) is 1. The first kappa shape index (κ1) is 28.1. The van der Waals surface area contributed by atoms with E-state index in [2.05, 4.69) is 5.32 Å². The van der Waals surface area contributed by atoms with Crippen LogP contribution in [0.4, 0.5) is 0 Å². The Morgan fingerprint density at radius 2 is 1.40 bits per heavy atom. The fourth-order valence-corrected chi connectivity index (χ4v) is 7.48. The Labute approximate surface area is 245 Å². The Bertz CT molecular complexity index is 1630. The lowest BCUT2D eigenvalue weighted by Gasteiger charge is -2.38. The van der Waals surface area contributed by atoms with Crippen molar-refractivity contribution in [2.75, 3.05) is 0 Å². The van der Waals surface area contributed by atoms with Gasteiger partial charge in [-0.1, -0.05) is 12.5 Å². The number of carbonyl (C=O) groups is 4. The maximum atomic E-state index is 13.4. The number of rotatable bonds is 7. The molecule has 11 heteroatoms. The van der Waals surface area contributed by atoms with Crippen LogP contribution in [0.3, 0.4) is 0 Å². The minimum absolute atomic E-state index is 0.0186. The highest BCUT2D eigenvalue weighted by Gasteiger charge is 2.61. The highest BCUT2D eigenvalue weighted by atomic mass is 16.5. The molecule has 3 aromatic rings. The van der Waals surface area contributed by atoms with Gasteiger partial charge in [0.05, 0.1) is 22.7 Å². The number of amides is 1. The van der Waals surface area contributed by atoms with Crippen LogP contribution in [0.1, 0.15) is 72.7 Å². The zero-order valence-corrected chi connectivity index (χ0v) is 22.8. The average Bonchev–Trinajstić information content (AvgIpc) is 3.66. The molecule has 11 nitrogen and oxygen atoms in total. The van der Waals surface area contributed by atoms with Crippen molar-refractivity contribution in [2.45, 2.75) is 37.8 Å². The van der Waals surface area contributed by atoms with Crippen molar-refractivity contribution in [1.29, 1.82) is 0 Å². The molecule has 0 saturated heterocycles. The third-order valence-corrected chi connectivity index (χ3v) is 9.24. The Balaban J connectivity index is 1.26. The van der Waals surface area contributed by atoms with E-state index in [1.807, 2.05) is 0 Å². The largest absolute Gasteiger partial charge is 0.508 e. The minimum atomic E-state index is -1.50. The maximum Gasteiger partial charge on any atom is 0.338 e. The molecule has 0 heterocycles. The van der Waals surface area contributed by atoms with Crippen LogP contribution < -0.4 is 5.32 Å². The average molecular weight is 588 g/mol. The van der Waals surface area contributed by atoms with Gasteiger partial charge >= 0.3 is 11.9 Å². The van der Waals surface area contributed by atoms with Crippen molar-refractivity contribution in [3.05, 3.63) is 82.4 Å². The molecule has 43 heavy (non-hydrogen) atoms. The number of carboxylic acid groups (broad SMARTS) is 1. The molecule has 3 fully saturated rings. The summed E-state index contributed by atoms with van der Waals surface area (Å²) in [7, 11) is 0. The number of hydrogen-bond acceptors (Lipinski definition) is 9. The number of carboxylic acids is 1. The van der Waals surface area contributed by atoms with Gasteiger partial charge in [0.15, 0.2) is 0 Å². The van der Waals surface area contributed by atoms with Crippen LogP contribution in [0.2, 0.25) is 0 Å². The normalized spacial score (nSPS) is 25.2. The second-order valence-corrected chi connectivity index (χ2v) is 11.5. The third kappa shape index (κ3) is 4.80. The summed E-state index contributed by atoms with van der Waals surface area (Å²) < 4.78 is 5.95. The van der Waals surface area contributed by atoms with Gasteiger partial charge in [-0.3, -0.25) is 9.59 Å². The van der Waals surface area contributed by atoms with Gasteiger partial charge in [0.1, 0.15) is 34.7 Å². The Hall–Kier alpha value is -5.06. The van der Waals surface area contributed by atoms with Gasteiger partial charge in [0.2, 0.25) is 5.78 Å². The highest BCUT2D eigenvalue weighted by molar-refractivity contribution is 6.18. The van der Waals surface area contributed by atoms with Crippen molar-refractivity contribution < 1.29 is 49.4 Å². The van der Waals surface area contributed by atoms with Crippen LogP contribution in [0.5, 0.6) is 23.0 Å². The minimum Gasteiger partial charge on any atom is -0.508 e. The highest BCUT2D eigenvalue weighted by Crippen LogP contribution is 2.59. The van der Waals surface area contributed by atoms with Gasteiger partial charge in [0.25, 0.3) is 5.91 Å². The molecule has 2 bridgehead atoms. The predicted molar refractivity (Wildman–Crippen MR) is 149 cm³/mol. The zero-order chi connectivity index (χ0) is 30.6. The van der Waals surface area contributed by atoms with Gasteiger partial charge in [-0.05, 0) is 85.5 Å². The molecule has 6 N–H and O–H groups in total. The maximum absolute atomic E-state index is 13.4. The zero-order valence-electron chi connectivity index (χ0n) is 22.8. The first-order valence-corrected chi connectivity index (χ1v) is 14.0. The first-order chi connectivity index (χ1) is 20.5. The molecule has 222 valence electrons. The number of ether oxygens (including phenoxy) is 1. The van der Waals surface area contributed by atoms with Crippen molar-refractivity contribution >= 4 is 23.6 Å². The summed E-state index contributed by atoms with van der Waals surface area (Å²) in [6, 6.07) is 10.7. The van der Waals surface area contributed by atoms with Gasteiger partial charge in [0, 0.05) is 11.5 Å². The summed E-state index contributed by atoms with van der Waals surface area (Å²) >= 11 is 0. The van der Waals surface area contributed by atoms with E-state index in [0.717, 1.165) is 49.9 Å². The molecule has 3 saturated carbocycles. The summed E-state index contributed by atoms with van der Waals surface area (Å²) in [4.78, 5) is 51.2.